The summed E-state index contributed by atoms with van der Waals surface area (Å²) in [6.07, 6.45) is 0.506. The third-order valence-corrected chi connectivity index (χ3v) is 6.09. The normalized spacial score (nSPS) is 11.3. The fraction of sp³-hybridized carbons (Fsp3) is 0.391. The minimum Gasteiger partial charge on any atom is -0.342 e. The summed E-state index contributed by atoms with van der Waals surface area (Å²) >= 11 is 1.52. The van der Waals surface area contributed by atoms with Gasteiger partial charge in [-0.2, -0.15) is 0 Å². The summed E-state index contributed by atoms with van der Waals surface area (Å²) in [4.78, 5) is 21.6. The summed E-state index contributed by atoms with van der Waals surface area (Å²) in [5.74, 6) is 0.109. The van der Waals surface area contributed by atoms with Gasteiger partial charge in [-0.05, 0) is 35.5 Å². The summed E-state index contributed by atoms with van der Waals surface area (Å²) < 4.78 is 0. The predicted octanol–water partition coefficient (Wildman–Crippen LogP) is 4.18. The van der Waals surface area contributed by atoms with Crippen LogP contribution in [0.15, 0.2) is 47.8 Å². The molecule has 0 bridgehead atoms. The molecule has 3 aromatic rings. The molecule has 0 atom stereocenters. The Hall–Kier alpha value is -2.28. The molecule has 29 heavy (non-hydrogen) atoms. The van der Waals surface area contributed by atoms with Crippen LogP contribution in [0.25, 0.3) is 10.8 Å². The van der Waals surface area contributed by atoms with Crippen LogP contribution in [0.2, 0.25) is 0 Å². The van der Waals surface area contributed by atoms with Gasteiger partial charge in [0.1, 0.15) is 5.69 Å². The Labute approximate surface area is 177 Å². The molecule has 0 aliphatic rings. The number of thiazole rings is 1. The van der Waals surface area contributed by atoms with Crippen molar-refractivity contribution < 1.29 is 4.79 Å². The summed E-state index contributed by atoms with van der Waals surface area (Å²) in [7, 11) is 0. The smallest absolute Gasteiger partial charge is 0.186 e. The number of hydrogen-bond donors (Lipinski definition) is 1. The third kappa shape index (κ3) is 5.63. The maximum Gasteiger partial charge on any atom is 0.186 e. The van der Waals surface area contributed by atoms with Gasteiger partial charge in [0.25, 0.3) is 0 Å². The maximum absolute atomic E-state index is 12.6. The second-order valence-corrected chi connectivity index (χ2v) is 7.94. The second-order valence-electron chi connectivity index (χ2n) is 7.11. The van der Waals surface area contributed by atoms with E-state index in [1.165, 1.54) is 27.7 Å². The largest absolute Gasteiger partial charge is 0.342 e. The summed E-state index contributed by atoms with van der Waals surface area (Å²) in [6, 6.07) is 14.9. The minimum absolute atomic E-state index is 0.109. The lowest BCUT2D eigenvalue weighted by Gasteiger charge is -2.21. The van der Waals surface area contributed by atoms with Crippen LogP contribution in [0, 0.1) is 0 Å². The number of carbonyl (C=O) groups excluding carboxylic acids is 1. The molecule has 1 heterocycles. The highest BCUT2D eigenvalue weighted by Gasteiger charge is 2.16. The fourth-order valence-electron chi connectivity index (χ4n) is 3.42. The highest BCUT2D eigenvalue weighted by atomic mass is 32.1. The summed E-state index contributed by atoms with van der Waals surface area (Å²) in [5, 5.41) is 5.19. The van der Waals surface area contributed by atoms with Gasteiger partial charge in [0, 0.05) is 38.0 Å². The molecule has 0 saturated carbocycles. The van der Waals surface area contributed by atoms with Crippen LogP contribution >= 0.6 is 11.3 Å². The molecular formula is C23H30N4OS. The van der Waals surface area contributed by atoms with E-state index in [0.29, 0.717) is 25.2 Å². The van der Waals surface area contributed by atoms with Gasteiger partial charge in [0.2, 0.25) is 0 Å². The van der Waals surface area contributed by atoms with Crippen molar-refractivity contribution in [2.24, 2.45) is 5.73 Å². The quantitative estimate of drug-likeness (QED) is 0.481. The van der Waals surface area contributed by atoms with E-state index in [1.807, 2.05) is 5.38 Å². The molecule has 2 N–H and O–H groups in total. The van der Waals surface area contributed by atoms with E-state index < -0.39 is 0 Å². The average molecular weight is 411 g/mol. The van der Waals surface area contributed by atoms with E-state index in [2.05, 4.69) is 71.1 Å². The van der Waals surface area contributed by atoms with Crippen LogP contribution in [-0.4, -0.2) is 48.4 Å². The van der Waals surface area contributed by atoms with Crippen LogP contribution in [0.3, 0.4) is 0 Å². The molecule has 0 fully saturated rings. The molecule has 0 spiro atoms. The van der Waals surface area contributed by atoms with Crippen LogP contribution in [0.5, 0.6) is 0 Å². The zero-order chi connectivity index (χ0) is 20.6. The Morgan fingerprint density at radius 1 is 1.07 bits per heavy atom. The Bertz CT molecular complexity index is 935. The fourth-order valence-corrected chi connectivity index (χ4v) is 4.28. The van der Waals surface area contributed by atoms with Gasteiger partial charge in [-0.3, -0.25) is 4.79 Å². The molecule has 0 aliphatic heterocycles. The first-order valence-corrected chi connectivity index (χ1v) is 11.2. The molecule has 0 saturated heterocycles. The maximum atomic E-state index is 12.6. The lowest BCUT2D eigenvalue weighted by molar-refractivity contribution is 0.0962. The van der Waals surface area contributed by atoms with Crippen molar-refractivity contribution in [3.8, 4) is 0 Å². The van der Waals surface area contributed by atoms with Gasteiger partial charge in [-0.25, -0.2) is 4.98 Å². The molecule has 0 aliphatic carbocycles. The topological polar surface area (TPSA) is 62.5 Å². The lowest BCUT2D eigenvalue weighted by Crippen LogP contribution is -2.29. The molecule has 154 valence electrons. The van der Waals surface area contributed by atoms with Crippen molar-refractivity contribution in [1.29, 1.82) is 0 Å². The predicted molar refractivity (Wildman–Crippen MR) is 123 cm³/mol. The van der Waals surface area contributed by atoms with Crippen LogP contribution in [-0.2, 0) is 6.54 Å². The van der Waals surface area contributed by atoms with Crippen molar-refractivity contribution in [3.05, 3.63) is 59.1 Å². The number of carbonyl (C=O) groups is 1. The van der Waals surface area contributed by atoms with Gasteiger partial charge in [-0.15, -0.1) is 11.3 Å². The number of aromatic nitrogens is 1. The number of nitrogens with two attached hydrogens (primary N) is 1. The Balaban J connectivity index is 1.71. The number of anilines is 1. The zero-order valence-electron chi connectivity index (χ0n) is 17.3. The number of rotatable bonds is 11. The summed E-state index contributed by atoms with van der Waals surface area (Å²) in [5.41, 5.74) is 7.63. The average Bonchev–Trinajstić information content (AvgIpc) is 3.24. The number of nitrogens with zero attached hydrogens (tertiary/aromatic N) is 3. The third-order valence-electron chi connectivity index (χ3n) is 5.18. The van der Waals surface area contributed by atoms with Crippen LogP contribution in [0.4, 0.5) is 5.13 Å². The van der Waals surface area contributed by atoms with Gasteiger partial charge in [0.15, 0.2) is 10.9 Å². The molecular weight excluding hydrogens is 380 g/mol. The Morgan fingerprint density at radius 3 is 2.55 bits per heavy atom. The molecule has 6 heteroatoms. The second kappa shape index (κ2) is 10.5. The van der Waals surface area contributed by atoms with Gasteiger partial charge in [0.05, 0.1) is 0 Å². The number of hydrogen-bond acceptors (Lipinski definition) is 6. The first-order valence-electron chi connectivity index (χ1n) is 10.3. The van der Waals surface area contributed by atoms with Crippen LogP contribution < -0.4 is 10.6 Å². The van der Waals surface area contributed by atoms with E-state index >= 15 is 0 Å². The monoisotopic (exact) mass is 410 g/mol. The highest BCUT2D eigenvalue weighted by molar-refractivity contribution is 7.13. The number of fused-ring (bicyclic) bond motifs is 1. The summed E-state index contributed by atoms with van der Waals surface area (Å²) in [6.45, 7) is 8.90. The van der Waals surface area contributed by atoms with Crippen molar-refractivity contribution >= 4 is 33.0 Å². The molecule has 0 amide bonds. The van der Waals surface area contributed by atoms with Gasteiger partial charge >= 0.3 is 0 Å². The molecule has 2 aromatic carbocycles. The van der Waals surface area contributed by atoms with E-state index in [1.54, 1.807) is 0 Å². The standard InChI is InChI=1S/C23H30N4OS/c1-3-26(4-2)13-11-22(28)21-17-29-23(25-21)27(14-12-24)16-18-9-10-19-7-5-6-8-20(19)15-18/h5-10,15,17H,3-4,11-14,16,24H2,1-2H3. The Morgan fingerprint density at radius 2 is 1.83 bits per heavy atom. The molecule has 5 nitrogen and oxygen atoms in total. The zero-order valence-corrected chi connectivity index (χ0v) is 18.1. The Kier molecular flexibility index (Phi) is 7.75. The van der Waals surface area contributed by atoms with Gasteiger partial charge < -0.3 is 15.5 Å². The number of Topliss-reactive ketones (excluding diaryl/α,β-unsaturated/α-hetero) is 1. The molecule has 1 aromatic heterocycles. The van der Waals surface area contributed by atoms with Crippen molar-refractivity contribution in [2.45, 2.75) is 26.8 Å². The van der Waals surface area contributed by atoms with Crippen LogP contribution in [0.1, 0.15) is 36.3 Å². The SMILES string of the molecule is CCN(CC)CCC(=O)c1csc(N(CCN)Cc2ccc3ccccc3c2)n1. The lowest BCUT2D eigenvalue weighted by atomic mass is 10.1. The molecule has 0 radical (unpaired) electrons. The molecule has 0 unspecified atom stereocenters. The number of ketones is 1. The minimum atomic E-state index is 0.109. The van der Waals surface area contributed by atoms with E-state index in [-0.39, 0.29) is 5.78 Å². The molecule has 3 rings (SSSR count). The first kappa shape index (κ1) is 21.4. The first-order chi connectivity index (χ1) is 14.1. The van der Waals surface area contributed by atoms with E-state index in [4.69, 9.17) is 5.73 Å². The van der Waals surface area contributed by atoms with E-state index in [0.717, 1.165) is 31.3 Å². The van der Waals surface area contributed by atoms with Crippen molar-refractivity contribution in [2.75, 3.05) is 37.6 Å². The van der Waals surface area contributed by atoms with Crippen molar-refractivity contribution in [1.82, 2.24) is 9.88 Å². The number of benzene rings is 2. The highest BCUT2D eigenvalue weighted by Crippen LogP contribution is 2.24. The van der Waals surface area contributed by atoms with E-state index in [9.17, 15) is 4.79 Å². The van der Waals surface area contributed by atoms with Crippen molar-refractivity contribution in [3.63, 3.8) is 0 Å². The van der Waals surface area contributed by atoms with Gasteiger partial charge in [-0.1, -0.05) is 50.2 Å².